The van der Waals surface area contributed by atoms with Gasteiger partial charge in [-0.3, -0.25) is 4.79 Å². The normalized spacial score (nSPS) is 13.8. The monoisotopic (exact) mass is 438 g/mol. The lowest BCUT2D eigenvalue weighted by molar-refractivity contribution is -0.137. The van der Waals surface area contributed by atoms with Crippen molar-refractivity contribution in [3.63, 3.8) is 0 Å². The largest absolute Gasteiger partial charge is 0.493 e. The van der Waals surface area contributed by atoms with Crippen molar-refractivity contribution in [2.24, 2.45) is 0 Å². The van der Waals surface area contributed by atoms with E-state index in [0.29, 0.717) is 11.5 Å². The summed E-state index contributed by atoms with van der Waals surface area (Å²) >= 11 is 5.53. The summed E-state index contributed by atoms with van der Waals surface area (Å²) in [6.45, 7) is 1.47. The second kappa shape index (κ2) is 9.34. The molecular weight excluding hydrogens is 417 g/mol. The van der Waals surface area contributed by atoms with Crippen LogP contribution in [-0.2, 0) is 11.0 Å². The topological polar surface area (TPSA) is 50.8 Å². The maximum absolute atomic E-state index is 12.8. The standard InChI is InChI=1S/C21H21F3N2O3S/c1-28-18-11-14(20(30)26-9-2-3-10-26)7-8-17(18)29-13-19(27)25-16-6-4-5-15(12-16)21(22,23)24/h4-8,11-12H,2-3,9-10,13H2,1H3,(H,25,27). The zero-order chi connectivity index (χ0) is 21.7. The molecule has 0 radical (unpaired) electrons. The van der Waals surface area contributed by atoms with Crippen LogP contribution in [0.4, 0.5) is 18.9 Å². The van der Waals surface area contributed by atoms with Crippen LogP contribution in [0.15, 0.2) is 42.5 Å². The van der Waals surface area contributed by atoms with Gasteiger partial charge in [-0.05, 0) is 49.2 Å². The highest BCUT2D eigenvalue weighted by Crippen LogP contribution is 2.31. The van der Waals surface area contributed by atoms with Crippen LogP contribution in [0.2, 0.25) is 0 Å². The molecule has 30 heavy (non-hydrogen) atoms. The number of carbonyl (C=O) groups excluding carboxylic acids is 1. The molecule has 0 saturated carbocycles. The van der Waals surface area contributed by atoms with Gasteiger partial charge in [-0.2, -0.15) is 13.2 Å². The molecule has 1 fully saturated rings. The number of alkyl halides is 3. The number of nitrogens with zero attached hydrogens (tertiary/aromatic N) is 1. The minimum absolute atomic E-state index is 0.0386. The highest BCUT2D eigenvalue weighted by molar-refractivity contribution is 7.80. The summed E-state index contributed by atoms with van der Waals surface area (Å²) in [5.74, 6) is 0.165. The predicted molar refractivity (Wildman–Crippen MR) is 111 cm³/mol. The Hall–Kier alpha value is -2.81. The van der Waals surface area contributed by atoms with Gasteiger partial charge in [0.1, 0.15) is 4.99 Å². The Morgan fingerprint density at radius 1 is 1.13 bits per heavy atom. The summed E-state index contributed by atoms with van der Waals surface area (Å²) in [4.78, 5) is 15.0. The lowest BCUT2D eigenvalue weighted by Crippen LogP contribution is -2.26. The number of likely N-dealkylation sites (tertiary alicyclic amines) is 1. The van der Waals surface area contributed by atoms with Crippen LogP contribution >= 0.6 is 12.2 Å². The van der Waals surface area contributed by atoms with Crippen LogP contribution in [-0.4, -0.2) is 42.6 Å². The van der Waals surface area contributed by atoms with Crippen molar-refractivity contribution in [1.82, 2.24) is 4.90 Å². The molecule has 1 aliphatic rings. The van der Waals surface area contributed by atoms with E-state index in [-0.39, 0.29) is 12.3 Å². The molecule has 0 unspecified atom stereocenters. The van der Waals surface area contributed by atoms with E-state index in [9.17, 15) is 18.0 Å². The summed E-state index contributed by atoms with van der Waals surface area (Å²) < 4.78 is 49.2. The number of nitrogens with one attached hydrogen (secondary N) is 1. The van der Waals surface area contributed by atoms with Crippen LogP contribution in [0.5, 0.6) is 11.5 Å². The molecule has 160 valence electrons. The molecule has 0 atom stereocenters. The number of benzene rings is 2. The third-order valence-corrected chi connectivity index (χ3v) is 5.13. The van der Waals surface area contributed by atoms with Crippen molar-refractivity contribution in [2.45, 2.75) is 19.0 Å². The Balaban J connectivity index is 1.62. The molecule has 2 aromatic carbocycles. The molecule has 1 N–H and O–H groups in total. The summed E-state index contributed by atoms with van der Waals surface area (Å²) in [5.41, 5.74) is 0.0219. The highest BCUT2D eigenvalue weighted by Gasteiger charge is 2.30. The molecule has 9 heteroatoms. The van der Waals surface area contributed by atoms with E-state index >= 15 is 0 Å². The average molecular weight is 438 g/mol. The number of anilines is 1. The molecule has 1 aliphatic heterocycles. The number of carbonyl (C=O) groups is 1. The van der Waals surface area contributed by atoms with Gasteiger partial charge in [0.15, 0.2) is 18.1 Å². The van der Waals surface area contributed by atoms with Gasteiger partial charge in [0, 0.05) is 24.3 Å². The van der Waals surface area contributed by atoms with Crippen LogP contribution in [0.1, 0.15) is 24.0 Å². The third kappa shape index (κ3) is 5.41. The number of hydrogen-bond donors (Lipinski definition) is 1. The third-order valence-electron chi connectivity index (χ3n) is 4.64. The van der Waals surface area contributed by atoms with E-state index in [2.05, 4.69) is 10.2 Å². The van der Waals surface area contributed by atoms with Gasteiger partial charge in [0.05, 0.1) is 12.7 Å². The number of amides is 1. The summed E-state index contributed by atoms with van der Waals surface area (Å²) in [5, 5.41) is 2.40. The maximum Gasteiger partial charge on any atom is 0.416 e. The number of halogens is 3. The van der Waals surface area contributed by atoms with Crippen LogP contribution in [0.3, 0.4) is 0 Å². The Morgan fingerprint density at radius 3 is 2.53 bits per heavy atom. The Kier molecular flexibility index (Phi) is 6.81. The molecule has 1 saturated heterocycles. The van der Waals surface area contributed by atoms with Gasteiger partial charge in [0.25, 0.3) is 5.91 Å². The molecule has 0 bridgehead atoms. The summed E-state index contributed by atoms with van der Waals surface area (Å²) in [6, 6.07) is 9.61. The first kappa shape index (κ1) is 21.9. The average Bonchev–Trinajstić information content (AvgIpc) is 3.26. The fourth-order valence-electron chi connectivity index (χ4n) is 3.14. The SMILES string of the molecule is COc1cc(C(=S)N2CCCC2)ccc1OCC(=O)Nc1cccc(C(F)(F)F)c1. The number of rotatable bonds is 6. The van der Waals surface area contributed by atoms with Crippen LogP contribution < -0.4 is 14.8 Å². The first-order valence-corrected chi connectivity index (χ1v) is 9.76. The predicted octanol–water partition coefficient (Wildman–Crippen LogP) is 4.50. The lowest BCUT2D eigenvalue weighted by Gasteiger charge is -2.19. The Bertz CT molecular complexity index is 928. The highest BCUT2D eigenvalue weighted by atomic mass is 32.1. The van der Waals surface area contributed by atoms with E-state index in [4.69, 9.17) is 21.7 Å². The number of thiocarbonyl (C=S) groups is 1. The molecule has 1 amide bonds. The van der Waals surface area contributed by atoms with E-state index in [1.54, 1.807) is 18.2 Å². The van der Waals surface area contributed by atoms with Gasteiger partial charge in [-0.15, -0.1) is 0 Å². The maximum atomic E-state index is 12.8. The van der Waals surface area contributed by atoms with Crippen molar-refractivity contribution >= 4 is 28.8 Å². The van der Waals surface area contributed by atoms with Gasteiger partial charge in [-0.25, -0.2) is 0 Å². The van der Waals surface area contributed by atoms with Gasteiger partial charge < -0.3 is 19.7 Å². The van der Waals surface area contributed by atoms with Gasteiger partial charge in [0.2, 0.25) is 0 Å². The summed E-state index contributed by atoms with van der Waals surface area (Å²) in [7, 11) is 1.48. The van der Waals surface area contributed by atoms with Crippen molar-refractivity contribution in [1.29, 1.82) is 0 Å². The first-order valence-electron chi connectivity index (χ1n) is 9.35. The van der Waals surface area contributed by atoms with Crippen molar-refractivity contribution in [3.8, 4) is 11.5 Å². The zero-order valence-electron chi connectivity index (χ0n) is 16.3. The first-order chi connectivity index (χ1) is 14.3. The number of methoxy groups -OCH3 is 1. The zero-order valence-corrected chi connectivity index (χ0v) is 17.1. The minimum atomic E-state index is -4.48. The lowest BCUT2D eigenvalue weighted by atomic mass is 10.2. The van der Waals surface area contributed by atoms with E-state index in [1.165, 1.54) is 19.2 Å². The van der Waals surface area contributed by atoms with Gasteiger partial charge >= 0.3 is 6.18 Å². The van der Waals surface area contributed by atoms with Crippen LogP contribution in [0.25, 0.3) is 0 Å². The molecule has 5 nitrogen and oxygen atoms in total. The number of ether oxygens (including phenoxy) is 2. The molecule has 2 aromatic rings. The van der Waals surface area contributed by atoms with Crippen molar-refractivity contribution in [3.05, 3.63) is 53.6 Å². The fraction of sp³-hybridized carbons (Fsp3) is 0.333. The second-order valence-corrected chi connectivity index (χ2v) is 7.17. The van der Waals surface area contributed by atoms with Crippen molar-refractivity contribution in [2.75, 3.05) is 32.1 Å². The van der Waals surface area contributed by atoms with E-state index in [0.717, 1.165) is 48.6 Å². The molecule has 1 heterocycles. The van der Waals surface area contributed by atoms with E-state index < -0.39 is 17.6 Å². The molecule has 0 aliphatic carbocycles. The fourth-order valence-corrected chi connectivity index (χ4v) is 3.45. The Morgan fingerprint density at radius 2 is 1.87 bits per heavy atom. The quantitative estimate of drug-likeness (QED) is 0.673. The Labute approximate surface area is 177 Å². The van der Waals surface area contributed by atoms with Crippen LogP contribution in [0, 0.1) is 0 Å². The molecule has 0 aromatic heterocycles. The molecular formula is C21H21F3N2O3S. The van der Waals surface area contributed by atoms with E-state index in [1.807, 2.05) is 0 Å². The summed E-state index contributed by atoms with van der Waals surface area (Å²) in [6.07, 6.45) is -2.26. The molecule has 0 spiro atoms. The van der Waals surface area contributed by atoms with Gasteiger partial charge in [-0.1, -0.05) is 18.3 Å². The number of hydrogen-bond acceptors (Lipinski definition) is 4. The minimum Gasteiger partial charge on any atom is -0.493 e. The van der Waals surface area contributed by atoms with Crippen molar-refractivity contribution < 1.29 is 27.4 Å². The molecule has 3 rings (SSSR count). The second-order valence-electron chi connectivity index (χ2n) is 6.78. The smallest absolute Gasteiger partial charge is 0.416 e.